The number of nitrogens with zero attached hydrogens (tertiary/aromatic N) is 12. The molecule has 0 saturated carbocycles. The summed E-state index contributed by atoms with van der Waals surface area (Å²) in [4.78, 5) is 29.8. The maximum absolute atomic E-state index is 4.99. The summed E-state index contributed by atoms with van der Waals surface area (Å²) >= 11 is 0. The molecule has 0 saturated heterocycles. The van der Waals surface area contributed by atoms with Gasteiger partial charge in [-0.05, 0) is 176 Å². The van der Waals surface area contributed by atoms with Crippen molar-refractivity contribution in [3.63, 3.8) is 0 Å². The number of hydrogen-bond acceptors (Lipinski definition) is 4. The minimum atomic E-state index is 0. The van der Waals surface area contributed by atoms with Gasteiger partial charge < -0.3 is 41.9 Å². The van der Waals surface area contributed by atoms with Crippen LogP contribution in [0.15, 0.2) is 146 Å². The van der Waals surface area contributed by atoms with Crippen molar-refractivity contribution >= 4 is 0 Å². The van der Waals surface area contributed by atoms with E-state index in [-0.39, 0.29) is 43.4 Å². The molecular formula is C76H96N12Ti2. The summed E-state index contributed by atoms with van der Waals surface area (Å²) in [5.74, 6) is 0. The van der Waals surface area contributed by atoms with Crippen molar-refractivity contribution in [1.29, 1.82) is 0 Å². The van der Waals surface area contributed by atoms with Gasteiger partial charge in [0, 0.05) is 45.0 Å². The summed E-state index contributed by atoms with van der Waals surface area (Å²) in [6.07, 6.45) is 0. The second kappa shape index (κ2) is 42.3. The molecule has 4 aromatic carbocycles. The van der Waals surface area contributed by atoms with Crippen molar-refractivity contribution in [2.24, 2.45) is 0 Å². The predicted octanol–water partition coefficient (Wildman–Crippen LogP) is 19.6. The van der Waals surface area contributed by atoms with E-state index in [4.69, 9.17) is 29.9 Å². The van der Waals surface area contributed by atoms with E-state index in [1.807, 2.05) is 48.5 Å². The van der Waals surface area contributed by atoms with Crippen LogP contribution in [0.2, 0.25) is 0 Å². The van der Waals surface area contributed by atoms with E-state index < -0.39 is 0 Å². The van der Waals surface area contributed by atoms with Crippen LogP contribution < -0.4 is 9.97 Å². The Labute approximate surface area is 571 Å². The summed E-state index contributed by atoms with van der Waals surface area (Å²) in [6, 6.07) is 50.5. The molecule has 0 aliphatic heterocycles. The van der Waals surface area contributed by atoms with Gasteiger partial charge in [-0.25, -0.2) is 19.9 Å². The number of rotatable bonds is 8. The summed E-state index contributed by atoms with van der Waals surface area (Å²) in [6.45, 7) is 25.7. The third-order valence-electron chi connectivity index (χ3n) is 13.1. The Morgan fingerprint density at radius 2 is 0.356 bits per heavy atom. The molecule has 14 heteroatoms. The molecular weight excluding hydrogens is 1180 g/mol. The second-order valence-electron chi connectivity index (χ2n) is 21.8. The summed E-state index contributed by atoms with van der Waals surface area (Å²) in [5.41, 5.74) is 30.6. The maximum Gasteiger partial charge on any atom is 4.00 e. The van der Waals surface area contributed by atoms with Gasteiger partial charge in [0.2, 0.25) is 0 Å². The monoisotopic (exact) mass is 1270 g/mol. The standard InChI is InChI=1S/2C32H30N3.6C2H6N.2Ti/c2*1-19-15-21(3)31(22(4)16-19)29-11-7-9-25(34-29)27-13-14-28(33-27)26-10-8-12-30(35-26)32-23(5)17-20(2)18-24(32)6;6*1-3-2;;/h2*7-18H,1-6H3;6*1-2H3;;/q8*-1;2*+4. The van der Waals surface area contributed by atoms with Crippen LogP contribution in [0.1, 0.15) is 66.8 Å². The second-order valence-corrected chi connectivity index (χ2v) is 21.8. The zero-order valence-corrected chi connectivity index (χ0v) is 61.3. The Morgan fingerprint density at radius 3 is 0.500 bits per heavy atom. The van der Waals surface area contributed by atoms with Crippen molar-refractivity contribution in [2.75, 3.05) is 84.6 Å². The Kier molecular flexibility index (Phi) is 38.2. The van der Waals surface area contributed by atoms with Gasteiger partial charge in [-0.2, -0.15) is 84.6 Å². The van der Waals surface area contributed by atoms with Crippen molar-refractivity contribution in [3.05, 3.63) is 244 Å². The molecule has 0 aliphatic carbocycles. The minimum Gasteiger partial charge on any atom is -0.668 e. The fourth-order valence-electron chi connectivity index (χ4n) is 10.5. The van der Waals surface area contributed by atoms with Gasteiger partial charge in [-0.3, -0.25) is 0 Å². The first-order chi connectivity index (χ1) is 42.1. The molecule has 0 spiro atoms. The number of aromatic nitrogens is 6. The van der Waals surface area contributed by atoms with Crippen LogP contribution in [0.5, 0.6) is 0 Å². The molecule has 6 aromatic heterocycles. The Morgan fingerprint density at radius 1 is 0.222 bits per heavy atom. The van der Waals surface area contributed by atoms with Crippen LogP contribution >= 0.6 is 0 Å². The van der Waals surface area contributed by atoms with E-state index in [1.165, 1.54) is 89.0 Å². The number of benzene rings is 4. The molecule has 0 amide bonds. The van der Waals surface area contributed by atoms with Gasteiger partial charge in [0.05, 0.1) is 22.8 Å². The molecule has 10 rings (SSSR count). The van der Waals surface area contributed by atoms with Crippen LogP contribution in [0, 0.1) is 83.1 Å². The number of aryl methyl sites for hydroxylation is 12. The van der Waals surface area contributed by atoms with Gasteiger partial charge in [0.15, 0.2) is 0 Å². The van der Waals surface area contributed by atoms with E-state index >= 15 is 0 Å². The molecule has 0 aliphatic rings. The first-order valence-electron chi connectivity index (χ1n) is 29.5. The molecule has 6 heterocycles. The topological polar surface area (TPSA) is 164 Å². The van der Waals surface area contributed by atoms with E-state index in [0.29, 0.717) is 0 Å². The average molecular weight is 1270 g/mol. The van der Waals surface area contributed by atoms with Gasteiger partial charge >= 0.3 is 43.4 Å². The maximum atomic E-state index is 4.99. The van der Waals surface area contributed by atoms with Crippen molar-refractivity contribution in [2.45, 2.75) is 83.1 Å². The van der Waals surface area contributed by atoms with Crippen molar-refractivity contribution in [1.82, 2.24) is 29.9 Å². The van der Waals surface area contributed by atoms with Gasteiger partial charge in [0.1, 0.15) is 0 Å². The molecule has 90 heavy (non-hydrogen) atoms. The zero-order chi connectivity index (χ0) is 65.6. The fourth-order valence-corrected chi connectivity index (χ4v) is 10.5. The first kappa shape index (κ1) is 81.2. The molecule has 12 nitrogen and oxygen atoms in total. The largest absolute Gasteiger partial charge is 4.00 e. The summed E-state index contributed by atoms with van der Waals surface area (Å²) < 4.78 is 0. The summed E-state index contributed by atoms with van der Waals surface area (Å²) in [7, 11) is 21.0. The molecule has 0 unspecified atom stereocenters. The van der Waals surface area contributed by atoms with Gasteiger partial charge in [0.25, 0.3) is 0 Å². The molecule has 468 valence electrons. The molecule has 0 bridgehead atoms. The van der Waals surface area contributed by atoms with Crippen molar-refractivity contribution in [3.8, 4) is 90.6 Å². The predicted molar refractivity (Wildman–Crippen MR) is 382 cm³/mol. The minimum absolute atomic E-state index is 0. The van der Waals surface area contributed by atoms with Gasteiger partial charge in [-0.1, -0.05) is 119 Å². The third kappa shape index (κ3) is 24.1. The first-order valence-corrected chi connectivity index (χ1v) is 29.5. The average Bonchev–Trinajstić information content (AvgIpc) is 1.61. The Hall–Kier alpha value is -6.77. The molecule has 0 fully saturated rings. The number of hydrogen-bond donors (Lipinski definition) is 0. The van der Waals surface area contributed by atoms with Crippen molar-refractivity contribution < 1.29 is 43.4 Å². The van der Waals surface area contributed by atoms with E-state index in [1.54, 1.807) is 84.6 Å². The molecule has 10 aromatic rings. The number of pyridine rings is 4. The van der Waals surface area contributed by atoms with E-state index in [0.717, 1.165) is 68.3 Å². The van der Waals surface area contributed by atoms with Crippen LogP contribution in [0.25, 0.3) is 122 Å². The zero-order valence-electron chi connectivity index (χ0n) is 58.2. The van der Waals surface area contributed by atoms with Crippen LogP contribution in [-0.4, -0.2) is 105 Å². The smallest absolute Gasteiger partial charge is 0.668 e. The quantitative estimate of drug-likeness (QED) is 0.137. The van der Waals surface area contributed by atoms with Gasteiger partial charge in [-0.15, -0.1) is 22.8 Å². The molecule has 0 atom stereocenters. The van der Waals surface area contributed by atoms with Crippen LogP contribution in [0.3, 0.4) is 0 Å². The van der Waals surface area contributed by atoms with E-state index in [2.05, 4.69) is 212 Å². The SMILES string of the molecule is C[N-]C.C[N-]C.C[N-]C.C[N-]C.C[N-]C.C[N-]C.Cc1cc(C)c(-c2cccc(-c3ccc(-c4cccc(-c5c(C)cc(C)cc5C)n4)[n-]3)n2)c(C)c1.Cc1cc(C)c(-c2cccc(-c3ccc(-c4cccc(-c5c(C)cc(C)cc5C)n4)[n-]3)n2)c(C)c1.[Ti+4].[Ti+4]. The Bertz CT molecular complexity index is 3160. The Balaban J connectivity index is 0.000000700. The molecule has 0 radical (unpaired) electrons. The fraction of sp³-hybridized carbons (Fsp3) is 0.316. The van der Waals surface area contributed by atoms with E-state index in [9.17, 15) is 0 Å². The van der Waals surface area contributed by atoms with Crippen LogP contribution in [0.4, 0.5) is 0 Å². The third-order valence-corrected chi connectivity index (χ3v) is 13.1. The normalized spacial score (nSPS) is 9.87. The molecule has 0 N–H and O–H groups in total. The summed E-state index contributed by atoms with van der Waals surface area (Å²) in [5, 5.41) is 21.0. The van der Waals surface area contributed by atoms with Crippen LogP contribution in [-0.2, 0) is 43.4 Å².